The summed E-state index contributed by atoms with van der Waals surface area (Å²) in [5, 5.41) is 5.75. The topological polar surface area (TPSA) is 81.8 Å². The quantitative estimate of drug-likeness (QED) is 0.844. The van der Waals surface area contributed by atoms with Gasteiger partial charge in [-0.15, -0.1) is 0 Å². The van der Waals surface area contributed by atoms with Crippen LogP contribution in [0.2, 0.25) is 0 Å². The molecule has 1 aromatic carbocycles. The zero-order valence-corrected chi connectivity index (χ0v) is 16.3. The van der Waals surface area contributed by atoms with Gasteiger partial charge >= 0.3 is 6.03 Å². The Morgan fingerprint density at radius 1 is 1.15 bits per heavy atom. The van der Waals surface area contributed by atoms with Crippen LogP contribution in [0.5, 0.6) is 0 Å². The molecule has 0 aromatic heterocycles. The average molecular weight is 372 g/mol. The second-order valence-electron chi connectivity index (χ2n) is 7.74. The van der Waals surface area contributed by atoms with E-state index in [0.29, 0.717) is 39.1 Å². The standard InChI is InChI=1S/C20H28N4O3/c1-4-7-21-19(27)24-10-8-23(9-11-24)17(25)13-14-5-6-16-15(12-14)20(2,3)18(26)22-16/h5-6,12H,4,7-11,13H2,1-3H3,(H,21,27)(H,22,26). The van der Waals surface area contributed by atoms with E-state index in [-0.39, 0.29) is 17.8 Å². The second kappa shape index (κ2) is 7.58. The summed E-state index contributed by atoms with van der Waals surface area (Å²) in [6.45, 7) is 8.68. The fraction of sp³-hybridized carbons (Fsp3) is 0.550. The van der Waals surface area contributed by atoms with Gasteiger partial charge in [0, 0.05) is 38.4 Å². The number of hydrogen-bond donors (Lipinski definition) is 2. The van der Waals surface area contributed by atoms with E-state index in [4.69, 9.17) is 0 Å². The number of rotatable bonds is 4. The van der Waals surface area contributed by atoms with Crippen LogP contribution in [0.15, 0.2) is 18.2 Å². The van der Waals surface area contributed by atoms with Crippen LogP contribution in [-0.4, -0.2) is 60.4 Å². The van der Waals surface area contributed by atoms with E-state index in [1.54, 1.807) is 4.90 Å². The second-order valence-corrected chi connectivity index (χ2v) is 7.74. The molecule has 0 aliphatic carbocycles. The summed E-state index contributed by atoms with van der Waals surface area (Å²) < 4.78 is 0. The van der Waals surface area contributed by atoms with Gasteiger partial charge in [0.2, 0.25) is 11.8 Å². The van der Waals surface area contributed by atoms with Gasteiger partial charge in [0.05, 0.1) is 11.8 Å². The minimum atomic E-state index is -0.578. The van der Waals surface area contributed by atoms with Crippen molar-refractivity contribution in [3.8, 4) is 0 Å². The predicted molar refractivity (Wildman–Crippen MR) is 104 cm³/mol. The highest BCUT2D eigenvalue weighted by atomic mass is 16.2. The first kappa shape index (κ1) is 19.2. The van der Waals surface area contributed by atoms with Crippen LogP contribution in [0.4, 0.5) is 10.5 Å². The Morgan fingerprint density at radius 3 is 2.48 bits per heavy atom. The minimum Gasteiger partial charge on any atom is -0.339 e. The van der Waals surface area contributed by atoms with Crippen LogP contribution in [0.1, 0.15) is 38.3 Å². The third-order valence-electron chi connectivity index (χ3n) is 5.37. The van der Waals surface area contributed by atoms with Crippen molar-refractivity contribution in [1.82, 2.24) is 15.1 Å². The molecule has 2 aliphatic heterocycles. The zero-order valence-electron chi connectivity index (χ0n) is 16.3. The first-order valence-electron chi connectivity index (χ1n) is 9.58. The molecule has 2 N–H and O–H groups in total. The number of hydrogen-bond acceptors (Lipinski definition) is 3. The largest absolute Gasteiger partial charge is 0.339 e. The van der Waals surface area contributed by atoms with Crippen LogP contribution in [0.3, 0.4) is 0 Å². The van der Waals surface area contributed by atoms with Crippen LogP contribution in [-0.2, 0) is 21.4 Å². The molecule has 146 valence electrons. The molecule has 0 bridgehead atoms. The molecule has 0 radical (unpaired) electrons. The van der Waals surface area contributed by atoms with Gasteiger partial charge in [0.15, 0.2) is 0 Å². The molecular formula is C20H28N4O3. The lowest BCUT2D eigenvalue weighted by atomic mass is 9.85. The summed E-state index contributed by atoms with van der Waals surface area (Å²) >= 11 is 0. The molecule has 3 rings (SSSR count). The molecule has 1 aromatic rings. The lowest BCUT2D eigenvalue weighted by molar-refractivity contribution is -0.131. The number of nitrogens with zero attached hydrogens (tertiary/aromatic N) is 2. The van der Waals surface area contributed by atoms with Crippen molar-refractivity contribution in [1.29, 1.82) is 0 Å². The zero-order chi connectivity index (χ0) is 19.6. The summed E-state index contributed by atoms with van der Waals surface area (Å²) in [5.41, 5.74) is 2.10. The molecule has 0 atom stereocenters. The third kappa shape index (κ3) is 3.91. The molecule has 2 aliphatic rings. The fourth-order valence-electron chi connectivity index (χ4n) is 3.52. The van der Waals surface area contributed by atoms with Gasteiger partial charge in [-0.05, 0) is 37.5 Å². The van der Waals surface area contributed by atoms with Gasteiger partial charge in [-0.2, -0.15) is 0 Å². The number of piperazine rings is 1. The Bertz CT molecular complexity index is 752. The normalized spacial score (nSPS) is 18.1. The van der Waals surface area contributed by atoms with E-state index in [1.165, 1.54) is 0 Å². The summed E-state index contributed by atoms with van der Waals surface area (Å²) in [5.74, 6) is 0.0390. The highest BCUT2D eigenvalue weighted by molar-refractivity contribution is 6.05. The molecule has 2 heterocycles. The summed E-state index contributed by atoms with van der Waals surface area (Å²) in [6.07, 6.45) is 1.21. The molecule has 0 saturated carbocycles. The first-order valence-corrected chi connectivity index (χ1v) is 9.58. The summed E-state index contributed by atoms with van der Waals surface area (Å²) in [7, 11) is 0. The molecule has 7 heteroatoms. The number of urea groups is 1. The van der Waals surface area contributed by atoms with Gasteiger partial charge in [-0.1, -0.05) is 19.1 Å². The Kier molecular flexibility index (Phi) is 5.39. The average Bonchev–Trinajstić information content (AvgIpc) is 2.89. The van der Waals surface area contributed by atoms with E-state index in [0.717, 1.165) is 23.2 Å². The SMILES string of the molecule is CCCNC(=O)N1CCN(C(=O)Cc2ccc3c(c2)C(C)(C)C(=O)N3)CC1. The van der Waals surface area contributed by atoms with Crippen molar-refractivity contribution in [2.24, 2.45) is 0 Å². The molecule has 1 saturated heterocycles. The Hall–Kier alpha value is -2.57. The van der Waals surface area contributed by atoms with Crippen molar-refractivity contribution >= 4 is 23.5 Å². The lowest BCUT2D eigenvalue weighted by Crippen LogP contribution is -2.53. The molecule has 1 fully saturated rings. The summed E-state index contributed by atoms with van der Waals surface area (Å²) in [6, 6.07) is 5.68. The van der Waals surface area contributed by atoms with Crippen LogP contribution >= 0.6 is 0 Å². The highest BCUT2D eigenvalue weighted by Crippen LogP contribution is 2.37. The molecule has 7 nitrogen and oxygen atoms in total. The minimum absolute atomic E-state index is 0.0153. The number of nitrogens with one attached hydrogen (secondary N) is 2. The number of carbonyl (C=O) groups excluding carboxylic acids is 3. The molecular weight excluding hydrogens is 344 g/mol. The Labute approximate surface area is 160 Å². The summed E-state index contributed by atoms with van der Waals surface area (Å²) in [4.78, 5) is 40.3. The van der Waals surface area contributed by atoms with E-state index in [9.17, 15) is 14.4 Å². The maximum absolute atomic E-state index is 12.7. The van der Waals surface area contributed by atoms with Crippen molar-refractivity contribution < 1.29 is 14.4 Å². The molecule has 0 spiro atoms. The fourth-order valence-corrected chi connectivity index (χ4v) is 3.52. The number of amides is 4. The number of benzene rings is 1. The van der Waals surface area contributed by atoms with Crippen LogP contribution in [0, 0.1) is 0 Å². The van der Waals surface area contributed by atoms with E-state index >= 15 is 0 Å². The van der Waals surface area contributed by atoms with E-state index in [1.807, 2.05) is 43.9 Å². The maximum atomic E-state index is 12.7. The van der Waals surface area contributed by atoms with Gasteiger partial charge in [0.25, 0.3) is 0 Å². The third-order valence-corrected chi connectivity index (χ3v) is 5.37. The number of anilines is 1. The van der Waals surface area contributed by atoms with Gasteiger partial charge < -0.3 is 20.4 Å². The Morgan fingerprint density at radius 2 is 1.81 bits per heavy atom. The monoisotopic (exact) mass is 372 g/mol. The highest BCUT2D eigenvalue weighted by Gasteiger charge is 2.38. The number of fused-ring (bicyclic) bond motifs is 1. The number of carbonyl (C=O) groups is 3. The smallest absolute Gasteiger partial charge is 0.317 e. The van der Waals surface area contributed by atoms with E-state index in [2.05, 4.69) is 10.6 Å². The molecule has 27 heavy (non-hydrogen) atoms. The maximum Gasteiger partial charge on any atom is 0.317 e. The van der Waals surface area contributed by atoms with Crippen molar-refractivity contribution in [3.05, 3.63) is 29.3 Å². The van der Waals surface area contributed by atoms with Gasteiger partial charge in [0.1, 0.15) is 0 Å². The molecule has 0 unspecified atom stereocenters. The van der Waals surface area contributed by atoms with Crippen molar-refractivity contribution in [3.63, 3.8) is 0 Å². The Balaban J connectivity index is 1.57. The lowest BCUT2D eigenvalue weighted by Gasteiger charge is -2.34. The van der Waals surface area contributed by atoms with Gasteiger partial charge in [-0.25, -0.2) is 4.79 Å². The van der Waals surface area contributed by atoms with Crippen molar-refractivity contribution in [2.45, 2.75) is 39.0 Å². The van der Waals surface area contributed by atoms with E-state index < -0.39 is 5.41 Å². The van der Waals surface area contributed by atoms with Gasteiger partial charge in [-0.3, -0.25) is 9.59 Å². The van der Waals surface area contributed by atoms with Crippen molar-refractivity contribution in [2.75, 3.05) is 38.0 Å². The molecule has 4 amide bonds. The van der Waals surface area contributed by atoms with Crippen LogP contribution < -0.4 is 10.6 Å². The predicted octanol–water partition coefficient (Wildman–Crippen LogP) is 1.72. The first-order chi connectivity index (χ1) is 12.8. The van der Waals surface area contributed by atoms with Crippen LogP contribution in [0.25, 0.3) is 0 Å².